The molecule has 0 saturated carbocycles. The van der Waals surface area contributed by atoms with Crippen molar-refractivity contribution in [3.05, 3.63) is 28.7 Å². The first kappa shape index (κ1) is 16.6. The van der Waals surface area contributed by atoms with E-state index >= 15 is 0 Å². The lowest BCUT2D eigenvalue weighted by Crippen LogP contribution is -2.41. The minimum atomic E-state index is -3.45. The van der Waals surface area contributed by atoms with Gasteiger partial charge in [-0.05, 0) is 36.2 Å². The Morgan fingerprint density at radius 2 is 1.79 bits per heavy atom. The van der Waals surface area contributed by atoms with E-state index in [0.29, 0.717) is 24.5 Å². The third-order valence-corrected chi connectivity index (χ3v) is 5.42. The Morgan fingerprint density at radius 1 is 1.26 bits per heavy atom. The second-order valence-electron chi connectivity index (χ2n) is 5.25. The van der Waals surface area contributed by atoms with Gasteiger partial charge in [0.05, 0.1) is 4.90 Å². The van der Waals surface area contributed by atoms with Crippen LogP contribution in [0, 0.1) is 5.41 Å². The summed E-state index contributed by atoms with van der Waals surface area (Å²) in [5.41, 5.74) is 5.45. The van der Waals surface area contributed by atoms with Crippen molar-refractivity contribution in [1.29, 1.82) is 0 Å². The smallest absolute Gasteiger partial charge is 0.243 e. The average molecular weight is 349 g/mol. The van der Waals surface area contributed by atoms with E-state index in [0.717, 1.165) is 4.47 Å². The minimum absolute atomic E-state index is 0.238. The van der Waals surface area contributed by atoms with E-state index < -0.39 is 10.0 Å². The molecule has 0 atom stereocenters. The summed E-state index contributed by atoms with van der Waals surface area (Å²) < 4.78 is 27.4. The maximum atomic E-state index is 12.5. The molecular formula is C13H21BrN2O2S. The van der Waals surface area contributed by atoms with Crippen molar-refractivity contribution < 1.29 is 8.42 Å². The van der Waals surface area contributed by atoms with Gasteiger partial charge in [0.25, 0.3) is 0 Å². The van der Waals surface area contributed by atoms with Crippen LogP contribution in [0.3, 0.4) is 0 Å². The molecule has 19 heavy (non-hydrogen) atoms. The molecule has 0 spiro atoms. The number of rotatable bonds is 6. The van der Waals surface area contributed by atoms with E-state index in [1.807, 2.05) is 20.8 Å². The predicted octanol–water partition coefficient (Wildman–Crippen LogP) is 2.44. The number of hydrogen-bond acceptors (Lipinski definition) is 3. The third-order valence-electron chi connectivity index (χ3n) is 2.96. The second-order valence-corrected chi connectivity index (χ2v) is 8.11. The van der Waals surface area contributed by atoms with Crippen molar-refractivity contribution in [3.63, 3.8) is 0 Å². The van der Waals surface area contributed by atoms with E-state index in [1.54, 1.807) is 24.3 Å². The standard InChI is InChI=1S/C13H21BrN2O2S/c1-4-16(10-13(2,3)9-15)19(17,18)12-7-5-11(14)6-8-12/h5-8H,4,9-10,15H2,1-3H3. The number of sulfonamides is 1. The Morgan fingerprint density at radius 3 is 2.21 bits per heavy atom. The zero-order valence-corrected chi connectivity index (χ0v) is 14.0. The molecule has 0 bridgehead atoms. The average Bonchev–Trinajstić information content (AvgIpc) is 2.36. The summed E-state index contributed by atoms with van der Waals surface area (Å²) in [5, 5.41) is 0. The molecule has 0 radical (unpaired) electrons. The van der Waals surface area contributed by atoms with E-state index in [1.165, 1.54) is 4.31 Å². The summed E-state index contributed by atoms with van der Waals surface area (Å²) in [6.07, 6.45) is 0. The van der Waals surface area contributed by atoms with Gasteiger partial charge in [-0.25, -0.2) is 8.42 Å². The maximum Gasteiger partial charge on any atom is 0.243 e. The fourth-order valence-corrected chi connectivity index (χ4v) is 3.57. The van der Waals surface area contributed by atoms with Gasteiger partial charge in [0.15, 0.2) is 0 Å². The summed E-state index contributed by atoms with van der Waals surface area (Å²) in [4.78, 5) is 0.311. The molecule has 0 aromatic heterocycles. The number of halogens is 1. The first-order chi connectivity index (χ1) is 8.73. The number of nitrogens with two attached hydrogens (primary N) is 1. The molecule has 0 heterocycles. The van der Waals surface area contributed by atoms with Crippen LogP contribution in [0.1, 0.15) is 20.8 Å². The summed E-state index contributed by atoms with van der Waals surface area (Å²) in [7, 11) is -3.45. The Balaban J connectivity index is 3.06. The molecule has 6 heteroatoms. The number of nitrogens with zero attached hydrogens (tertiary/aromatic N) is 1. The van der Waals surface area contributed by atoms with E-state index in [-0.39, 0.29) is 5.41 Å². The summed E-state index contributed by atoms with van der Waals surface area (Å²) >= 11 is 3.30. The highest BCUT2D eigenvalue weighted by molar-refractivity contribution is 9.10. The molecule has 2 N–H and O–H groups in total. The Bertz CT molecular complexity index is 512. The van der Waals surface area contributed by atoms with Crippen LogP contribution in [0.5, 0.6) is 0 Å². The summed E-state index contributed by atoms with van der Waals surface area (Å²) in [5.74, 6) is 0. The first-order valence-corrected chi connectivity index (χ1v) is 8.42. The van der Waals surface area contributed by atoms with Gasteiger partial charge in [0, 0.05) is 17.6 Å². The molecule has 1 rings (SSSR count). The third kappa shape index (κ3) is 4.27. The van der Waals surface area contributed by atoms with Crippen LogP contribution < -0.4 is 5.73 Å². The monoisotopic (exact) mass is 348 g/mol. The SMILES string of the molecule is CCN(CC(C)(C)CN)S(=O)(=O)c1ccc(Br)cc1. The lowest BCUT2D eigenvalue weighted by Gasteiger charge is -2.30. The van der Waals surface area contributed by atoms with Crippen molar-refractivity contribution in [3.8, 4) is 0 Å². The van der Waals surface area contributed by atoms with Crippen LogP contribution in [0.4, 0.5) is 0 Å². The zero-order chi connectivity index (χ0) is 14.7. The molecule has 0 aliphatic carbocycles. The van der Waals surface area contributed by atoms with Gasteiger partial charge in [-0.1, -0.05) is 36.7 Å². The predicted molar refractivity (Wildman–Crippen MR) is 81.4 cm³/mol. The molecule has 108 valence electrons. The molecule has 0 saturated heterocycles. The van der Waals surface area contributed by atoms with Gasteiger partial charge in [0.1, 0.15) is 0 Å². The van der Waals surface area contributed by atoms with Crippen LogP contribution in [0.25, 0.3) is 0 Å². The lowest BCUT2D eigenvalue weighted by molar-refractivity contribution is 0.273. The summed E-state index contributed by atoms with van der Waals surface area (Å²) in [6.45, 7) is 7.06. The van der Waals surface area contributed by atoms with Gasteiger partial charge >= 0.3 is 0 Å². The van der Waals surface area contributed by atoms with Gasteiger partial charge < -0.3 is 5.73 Å². The van der Waals surface area contributed by atoms with Crippen molar-refractivity contribution in [2.24, 2.45) is 11.1 Å². The molecule has 1 aromatic rings. The zero-order valence-electron chi connectivity index (χ0n) is 11.6. The van der Waals surface area contributed by atoms with Gasteiger partial charge in [-0.3, -0.25) is 0 Å². The Kier molecular flexibility index (Phi) is 5.55. The van der Waals surface area contributed by atoms with Crippen LogP contribution in [0.2, 0.25) is 0 Å². The van der Waals surface area contributed by atoms with E-state index in [2.05, 4.69) is 15.9 Å². The Labute approximate surface area is 124 Å². The molecule has 0 fully saturated rings. The van der Waals surface area contributed by atoms with Gasteiger partial charge in [-0.15, -0.1) is 0 Å². The number of benzene rings is 1. The van der Waals surface area contributed by atoms with Gasteiger partial charge in [0.2, 0.25) is 10.0 Å². The van der Waals surface area contributed by atoms with Crippen LogP contribution in [-0.2, 0) is 10.0 Å². The van der Waals surface area contributed by atoms with Crippen molar-refractivity contribution >= 4 is 26.0 Å². The van der Waals surface area contributed by atoms with Crippen molar-refractivity contribution in [2.45, 2.75) is 25.7 Å². The fraction of sp³-hybridized carbons (Fsp3) is 0.538. The molecule has 0 aliphatic heterocycles. The molecule has 1 aromatic carbocycles. The molecular weight excluding hydrogens is 328 g/mol. The van der Waals surface area contributed by atoms with Crippen LogP contribution in [0.15, 0.2) is 33.6 Å². The molecule has 4 nitrogen and oxygen atoms in total. The molecule has 0 amide bonds. The quantitative estimate of drug-likeness (QED) is 0.858. The second kappa shape index (κ2) is 6.35. The largest absolute Gasteiger partial charge is 0.330 e. The van der Waals surface area contributed by atoms with Crippen molar-refractivity contribution in [1.82, 2.24) is 4.31 Å². The molecule has 0 aliphatic rings. The maximum absolute atomic E-state index is 12.5. The lowest BCUT2D eigenvalue weighted by atomic mass is 9.94. The number of hydrogen-bond donors (Lipinski definition) is 1. The summed E-state index contributed by atoms with van der Waals surface area (Å²) in [6, 6.07) is 6.68. The highest BCUT2D eigenvalue weighted by Crippen LogP contribution is 2.23. The Hall–Kier alpha value is -0.430. The van der Waals surface area contributed by atoms with Crippen LogP contribution >= 0.6 is 15.9 Å². The van der Waals surface area contributed by atoms with E-state index in [4.69, 9.17) is 5.73 Å². The van der Waals surface area contributed by atoms with Gasteiger partial charge in [-0.2, -0.15) is 4.31 Å². The highest BCUT2D eigenvalue weighted by atomic mass is 79.9. The van der Waals surface area contributed by atoms with E-state index in [9.17, 15) is 8.42 Å². The minimum Gasteiger partial charge on any atom is -0.330 e. The van der Waals surface area contributed by atoms with Crippen LogP contribution in [-0.4, -0.2) is 32.4 Å². The normalized spacial score (nSPS) is 12.9. The fourth-order valence-electron chi connectivity index (χ4n) is 1.66. The first-order valence-electron chi connectivity index (χ1n) is 6.19. The molecule has 0 unspecified atom stereocenters. The topological polar surface area (TPSA) is 63.4 Å². The highest BCUT2D eigenvalue weighted by Gasteiger charge is 2.28. The van der Waals surface area contributed by atoms with Crippen molar-refractivity contribution in [2.75, 3.05) is 19.6 Å².